The van der Waals surface area contributed by atoms with Crippen molar-refractivity contribution in [3.63, 3.8) is 0 Å². The standard InChI is InChI=1S/C20H30N2O5S/c1-14(2)15(3)21-20(23)16-7-9-22(10-8-16)28(24,25)17-5-6-18-19(13-17)27-12-4-11-26-18/h5-6,13-16H,4,7-12H2,1-3H3,(H,21,23). The average molecular weight is 411 g/mol. The SMILES string of the molecule is CC(C)C(C)NC(=O)C1CCN(S(=O)(=O)c2ccc3c(c2)OCCCO3)CC1. The molecule has 0 saturated carbocycles. The molecule has 3 rings (SSSR count). The Morgan fingerprint density at radius 1 is 1.11 bits per heavy atom. The van der Waals surface area contributed by atoms with Crippen LogP contribution in [0.5, 0.6) is 11.5 Å². The van der Waals surface area contributed by atoms with Crippen molar-refractivity contribution in [2.24, 2.45) is 11.8 Å². The number of nitrogens with zero attached hydrogens (tertiary/aromatic N) is 1. The molecule has 8 heteroatoms. The topological polar surface area (TPSA) is 84.9 Å². The molecule has 156 valence electrons. The average Bonchev–Trinajstić information content (AvgIpc) is 2.92. The Kier molecular flexibility index (Phi) is 6.50. The van der Waals surface area contributed by atoms with Gasteiger partial charge in [0.1, 0.15) is 0 Å². The number of carbonyl (C=O) groups excluding carboxylic acids is 1. The first-order chi connectivity index (χ1) is 13.3. The third-order valence-electron chi connectivity index (χ3n) is 5.55. The molecule has 0 aromatic heterocycles. The number of rotatable bonds is 5. The van der Waals surface area contributed by atoms with E-state index in [1.165, 1.54) is 4.31 Å². The van der Waals surface area contributed by atoms with E-state index in [2.05, 4.69) is 19.2 Å². The number of nitrogens with one attached hydrogen (secondary N) is 1. The van der Waals surface area contributed by atoms with Crippen LogP contribution in [0.2, 0.25) is 0 Å². The molecule has 1 saturated heterocycles. The summed E-state index contributed by atoms with van der Waals surface area (Å²) in [4.78, 5) is 12.6. The van der Waals surface area contributed by atoms with Crippen LogP contribution in [0.25, 0.3) is 0 Å². The van der Waals surface area contributed by atoms with Crippen molar-refractivity contribution in [1.82, 2.24) is 9.62 Å². The van der Waals surface area contributed by atoms with Gasteiger partial charge in [0, 0.05) is 37.5 Å². The Morgan fingerprint density at radius 3 is 2.39 bits per heavy atom. The molecule has 1 unspecified atom stereocenters. The molecular weight excluding hydrogens is 380 g/mol. The largest absolute Gasteiger partial charge is 0.490 e. The quantitative estimate of drug-likeness (QED) is 0.806. The summed E-state index contributed by atoms with van der Waals surface area (Å²) in [6.45, 7) is 7.86. The van der Waals surface area contributed by atoms with Gasteiger partial charge in [0.05, 0.1) is 18.1 Å². The van der Waals surface area contributed by atoms with Gasteiger partial charge in [-0.05, 0) is 37.8 Å². The number of fused-ring (bicyclic) bond motifs is 1. The van der Waals surface area contributed by atoms with Crippen LogP contribution in [-0.2, 0) is 14.8 Å². The minimum absolute atomic E-state index is 0.0221. The van der Waals surface area contributed by atoms with E-state index in [9.17, 15) is 13.2 Å². The zero-order valence-corrected chi connectivity index (χ0v) is 17.6. The molecule has 1 aromatic rings. The van der Waals surface area contributed by atoms with Crippen LogP contribution >= 0.6 is 0 Å². The Hall–Kier alpha value is -1.80. The van der Waals surface area contributed by atoms with E-state index in [0.717, 1.165) is 6.42 Å². The molecule has 1 fully saturated rings. The molecule has 2 aliphatic heterocycles. The van der Waals surface area contributed by atoms with Gasteiger partial charge < -0.3 is 14.8 Å². The molecule has 28 heavy (non-hydrogen) atoms. The number of ether oxygens (including phenoxy) is 2. The van der Waals surface area contributed by atoms with Gasteiger partial charge in [-0.1, -0.05) is 13.8 Å². The molecule has 0 bridgehead atoms. The maximum atomic E-state index is 13.0. The van der Waals surface area contributed by atoms with Crippen molar-refractivity contribution in [3.05, 3.63) is 18.2 Å². The third kappa shape index (κ3) is 4.60. The summed E-state index contributed by atoms with van der Waals surface area (Å²) in [7, 11) is -3.63. The van der Waals surface area contributed by atoms with Gasteiger partial charge in [0.15, 0.2) is 11.5 Å². The molecule has 2 aliphatic rings. The summed E-state index contributed by atoms with van der Waals surface area (Å²) < 4.78 is 38.7. The number of hydrogen-bond acceptors (Lipinski definition) is 5. The fourth-order valence-electron chi connectivity index (χ4n) is 3.32. The highest BCUT2D eigenvalue weighted by atomic mass is 32.2. The first-order valence-corrected chi connectivity index (χ1v) is 11.4. The van der Waals surface area contributed by atoms with E-state index < -0.39 is 10.0 Å². The van der Waals surface area contributed by atoms with Crippen LogP contribution < -0.4 is 14.8 Å². The van der Waals surface area contributed by atoms with E-state index in [1.54, 1.807) is 18.2 Å². The second kappa shape index (κ2) is 8.69. The number of sulfonamides is 1. The molecular formula is C20H30N2O5S. The predicted octanol–water partition coefficient (Wildman–Crippen LogP) is 2.41. The van der Waals surface area contributed by atoms with Crippen molar-refractivity contribution in [2.75, 3.05) is 26.3 Å². The molecule has 2 heterocycles. The predicted molar refractivity (Wildman–Crippen MR) is 106 cm³/mol. The maximum absolute atomic E-state index is 13.0. The lowest BCUT2D eigenvalue weighted by Crippen LogP contribution is -2.45. The number of carbonyl (C=O) groups is 1. The first-order valence-electron chi connectivity index (χ1n) is 9.99. The van der Waals surface area contributed by atoms with Crippen molar-refractivity contribution in [2.45, 2.75) is 51.0 Å². The van der Waals surface area contributed by atoms with Crippen molar-refractivity contribution in [1.29, 1.82) is 0 Å². The van der Waals surface area contributed by atoms with Crippen LogP contribution in [0.1, 0.15) is 40.0 Å². The van der Waals surface area contributed by atoms with Gasteiger partial charge in [0.25, 0.3) is 0 Å². The van der Waals surface area contributed by atoms with Gasteiger partial charge >= 0.3 is 0 Å². The van der Waals surface area contributed by atoms with Crippen LogP contribution in [0, 0.1) is 11.8 Å². The smallest absolute Gasteiger partial charge is 0.243 e. The van der Waals surface area contributed by atoms with Crippen LogP contribution in [0.3, 0.4) is 0 Å². The van der Waals surface area contributed by atoms with Gasteiger partial charge in [-0.3, -0.25) is 4.79 Å². The fraction of sp³-hybridized carbons (Fsp3) is 0.650. The summed E-state index contributed by atoms with van der Waals surface area (Å²) in [5.74, 6) is 1.29. The van der Waals surface area contributed by atoms with Crippen LogP contribution in [0.4, 0.5) is 0 Å². The number of amides is 1. The Bertz CT molecular complexity index is 801. The zero-order chi connectivity index (χ0) is 20.3. The van der Waals surface area contributed by atoms with Crippen LogP contribution in [0.15, 0.2) is 23.1 Å². The highest BCUT2D eigenvalue weighted by molar-refractivity contribution is 7.89. The molecule has 7 nitrogen and oxygen atoms in total. The fourth-order valence-corrected chi connectivity index (χ4v) is 4.81. The lowest BCUT2D eigenvalue weighted by Gasteiger charge is -2.31. The Balaban J connectivity index is 1.65. The van der Waals surface area contributed by atoms with Crippen molar-refractivity contribution in [3.8, 4) is 11.5 Å². The van der Waals surface area contributed by atoms with Crippen LogP contribution in [-0.4, -0.2) is 51.0 Å². The highest BCUT2D eigenvalue weighted by Crippen LogP contribution is 2.33. The maximum Gasteiger partial charge on any atom is 0.243 e. The molecule has 0 aliphatic carbocycles. The second-order valence-electron chi connectivity index (χ2n) is 7.88. The van der Waals surface area contributed by atoms with Gasteiger partial charge in [-0.2, -0.15) is 4.31 Å². The van der Waals surface area contributed by atoms with E-state index in [1.807, 2.05) is 6.92 Å². The molecule has 1 aromatic carbocycles. The first kappa shape index (κ1) is 20.9. The monoisotopic (exact) mass is 410 g/mol. The molecule has 0 spiro atoms. The van der Waals surface area contributed by atoms with Gasteiger partial charge in [-0.15, -0.1) is 0 Å². The minimum Gasteiger partial charge on any atom is -0.490 e. The summed E-state index contributed by atoms with van der Waals surface area (Å²) >= 11 is 0. The summed E-state index contributed by atoms with van der Waals surface area (Å²) in [5, 5.41) is 3.04. The molecule has 1 amide bonds. The zero-order valence-electron chi connectivity index (χ0n) is 16.8. The number of piperidine rings is 1. The normalized spacial score (nSPS) is 19.9. The van der Waals surface area contributed by atoms with E-state index >= 15 is 0 Å². The number of hydrogen-bond donors (Lipinski definition) is 1. The number of benzene rings is 1. The molecule has 1 N–H and O–H groups in total. The molecule has 1 atom stereocenters. The Morgan fingerprint density at radius 2 is 1.75 bits per heavy atom. The van der Waals surface area contributed by atoms with E-state index in [-0.39, 0.29) is 22.8 Å². The lowest BCUT2D eigenvalue weighted by molar-refractivity contribution is -0.127. The van der Waals surface area contributed by atoms with Crippen molar-refractivity contribution >= 4 is 15.9 Å². The van der Waals surface area contributed by atoms with Crippen molar-refractivity contribution < 1.29 is 22.7 Å². The van der Waals surface area contributed by atoms with E-state index in [4.69, 9.17) is 9.47 Å². The van der Waals surface area contributed by atoms with E-state index in [0.29, 0.717) is 56.6 Å². The molecule has 0 radical (unpaired) electrons. The lowest BCUT2D eigenvalue weighted by atomic mass is 9.96. The third-order valence-corrected chi connectivity index (χ3v) is 7.45. The summed E-state index contributed by atoms with van der Waals surface area (Å²) in [6, 6.07) is 4.86. The minimum atomic E-state index is -3.63. The summed E-state index contributed by atoms with van der Waals surface area (Å²) in [5.41, 5.74) is 0. The Labute approximate surface area is 167 Å². The summed E-state index contributed by atoms with van der Waals surface area (Å²) in [6.07, 6.45) is 1.82. The van der Waals surface area contributed by atoms with Gasteiger partial charge in [0.2, 0.25) is 15.9 Å². The van der Waals surface area contributed by atoms with Gasteiger partial charge in [-0.25, -0.2) is 8.42 Å². The second-order valence-corrected chi connectivity index (χ2v) is 9.82. The highest BCUT2D eigenvalue weighted by Gasteiger charge is 2.33.